The van der Waals surface area contributed by atoms with E-state index in [4.69, 9.17) is 15.3 Å². The number of fused-ring (bicyclic) bond motifs is 1. The molecule has 2 aliphatic heterocycles. The summed E-state index contributed by atoms with van der Waals surface area (Å²) in [5, 5.41) is 9.81. The number of nitrogens with one attached hydrogen (secondary N) is 1. The number of oxime groups is 1. The summed E-state index contributed by atoms with van der Waals surface area (Å²) in [7, 11) is 1.31. The van der Waals surface area contributed by atoms with Crippen LogP contribution in [0.3, 0.4) is 0 Å². The van der Waals surface area contributed by atoms with E-state index in [0.717, 1.165) is 33.6 Å². The molecule has 0 bridgehead atoms. The average Bonchev–Trinajstić information content (AvgIpc) is 3.56. The topological polar surface area (TPSA) is 149 Å². The van der Waals surface area contributed by atoms with Gasteiger partial charge in [-0.3, -0.25) is 19.5 Å². The fraction of sp³-hybridized carbons (Fsp3) is 0.176. The molecule has 1 saturated heterocycles. The van der Waals surface area contributed by atoms with Gasteiger partial charge < -0.3 is 20.6 Å². The Labute approximate surface area is 289 Å². The molecule has 1 fully saturated rings. The third-order valence-electron chi connectivity index (χ3n) is 7.42. The molecule has 6 rings (SSSR count). The van der Waals surface area contributed by atoms with E-state index in [2.05, 4.69) is 20.4 Å². The number of pyridine rings is 1. The Balaban J connectivity index is 1.27. The molecule has 1 unspecified atom stereocenters. The first-order valence-electron chi connectivity index (χ1n) is 14.7. The molecule has 244 valence electrons. The van der Waals surface area contributed by atoms with Gasteiger partial charge in [0.2, 0.25) is 0 Å². The first-order valence-corrected chi connectivity index (χ1v) is 17.7. The predicted molar refractivity (Wildman–Crippen MR) is 189 cm³/mol. The number of esters is 1. The monoisotopic (exact) mass is 698 g/mol. The van der Waals surface area contributed by atoms with E-state index >= 15 is 0 Å². The minimum absolute atomic E-state index is 0.112. The lowest BCUT2D eigenvalue weighted by atomic mass is 10.0. The van der Waals surface area contributed by atoms with Crippen molar-refractivity contribution in [1.29, 1.82) is 0 Å². The number of nitrogens with two attached hydrogens (primary N) is 1. The number of carbonyl (C=O) groups is 3. The van der Waals surface area contributed by atoms with Crippen LogP contribution in [0.1, 0.15) is 28.5 Å². The molecule has 2 aromatic heterocycles. The fourth-order valence-corrected chi connectivity index (χ4v) is 7.99. The standard InChI is InChI=1S/C34H30N6O5S3/c1-44-39-26(25-20-48-34(35)37-25)30(41)38-27-31(42)40-28(24(19-47-32(27)40)18-46-16-14-21-9-8-15-36-17-21)33(43)45-29(22-10-4-2-5-11-22)23-12-6-3-7-13-23/h2-17,20,27,29,32H,18-19H2,1H3,(H2,35,37)(H,38,41)/b16-14-,39-26-/t27?,32-/m1/s1. The second-order valence-corrected chi connectivity index (χ2v) is 13.4. The number of thioether (sulfide) groups is 2. The predicted octanol–water partition coefficient (Wildman–Crippen LogP) is 4.86. The van der Waals surface area contributed by atoms with Gasteiger partial charge >= 0.3 is 5.97 Å². The summed E-state index contributed by atoms with van der Waals surface area (Å²) in [6, 6.07) is 21.8. The molecular formula is C34H30N6O5S3. The normalized spacial score (nSPS) is 17.7. The van der Waals surface area contributed by atoms with Gasteiger partial charge in [-0.15, -0.1) is 34.9 Å². The minimum Gasteiger partial charge on any atom is -0.448 e. The number of nitrogen functional groups attached to an aromatic ring is 1. The Morgan fingerprint density at radius 1 is 1.12 bits per heavy atom. The highest BCUT2D eigenvalue weighted by atomic mass is 32.2. The SMILES string of the molecule is CO/N=C(\C(=O)NC1C(=O)N2C(C(=O)OC(c3ccccc3)c3ccccc3)=C(CS/C=C\c3cccnc3)CS[C@H]12)c1csc(N)n1. The summed E-state index contributed by atoms with van der Waals surface area (Å²) in [6.07, 6.45) is 4.70. The third kappa shape index (κ3) is 7.30. The Hall–Kier alpha value is -4.92. The second kappa shape index (κ2) is 15.3. The van der Waals surface area contributed by atoms with Crippen LogP contribution in [0, 0.1) is 0 Å². The molecular weight excluding hydrogens is 669 g/mol. The van der Waals surface area contributed by atoms with Gasteiger partial charge in [-0.1, -0.05) is 71.9 Å². The molecule has 2 aliphatic rings. The van der Waals surface area contributed by atoms with Crippen LogP contribution in [0.15, 0.2) is 112 Å². The maximum atomic E-state index is 14.2. The Bertz CT molecular complexity index is 1830. The Morgan fingerprint density at radius 2 is 1.85 bits per heavy atom. The highest BCUT2D eigenvalue weighted by Crippen LogP contribution is 2.42. The number of anilines is 1. The number of nitrogens with zero attached hydrogens (tertiary/aromatic N) is 4. The number of benzene rings is 2. The smallest absolute Gasteiger partial charge is 0.356 e. The molecule has 3 N–H and O–H groups in total. The van der Waals surface area contributed by atoms with E-state index in [1.807, 2.05) is 84.3 Å². The molecule has 2 atom stereocenters. The van der Waals surface area contributed by atoms with Crippen molar-refractivity contribution in [3.63, 3.8) is 0 Å². The molecule has 0 aliphatic carbocycles. The van der Waals surface area contributed by atoms with E-state index in [1.165, 1.54) is 35.5 Å². The molecule has 4 heterocycles. The van der Waals surface area contributed by atoms with E-state index in [-0.39, 0.29) is 22.2 Å². The molecule has 0 radical (unpaired) electrons. The van der Waals surface area contributed by atoms with Gasteiger partial charge in [-0.25, -0.2) is 9.78 Å². The van der Waals surface area contributed by atoms with Crippen molar-refractivity contribution in [3.05, 3.63) is 130 Å². The van der Waals surface area contributed by atoms with Crippen LogP contribution >= 0.6 is 34.9 Å². The van der Waals surface area contributed by atoms with Crippen LogP contribution in [-0.4, -0.2) is 68.4 Å². The third-order valence-corrected chi connectivity index (χ3v) is 10.3. The maximum absolute atomic E-state index is 14.2. The van der Waals surface area contributed by atoms with E-state index in [9.17, 15) is 14.4 Å². The Kier molecular flexibility index (Phi) is 10.5. The van der Waals surface area contributed by atoms with E-state index in [0.29, 0.717) is 11.5 Å². The van der Waals surface area contributed by atoms with Gasteiger partial charge in [0.05, 0.1) is 0 Å². The zero-order chi connectivity index (χ0) is 33.5. The van der Waals surface area contributed by atoms with Crippen molar-refractivity contribution in [2.45, 2.75) is 17.5 Å². The number of ether oxygens (including phenoxy) is 1. The van der Waals surface area contributed by atoms with Crippen LogP contribution < -0.4 is 11.1 Å². The minimum atomic E-state index is -0.915. The number of β-lactam (4-membered cyclic amide) rings is 1. The number of hydrogen-bond acceptors (Lipinski definition) is 12. The summed E-state index contributed by atoms with van der Waals surface area (Å²) in [4.78, 5) is 55.8. The lowest BCUT2D eigenvalue weighted by Gasteiger charge is -2.49. The van der Waals surface area contributed by atoms with Gasteiger partial charge in [0.15, 0.2) is 16.9 Å². The van der Waals surface area contributed by atoms with Crippen molar-refractivity contribution in [2.24, 2.45) is 5.16 Å². The van der Waals surface area contributed by atoms with Crippen molar-refractivity contribution in [3.8, 4) is 0 Å². The van der Waals surface area contributed by atoms with Crippen molar-refractivity contribution in [2.75, 3.05) is 24.3 Å². The van der Waals surface area contributed by atoms with Crippen molar-refractivity contribution < 1.29 is 24.0 Å². The quantitative estimate of drug-likeness (QED) is 0.0909. The van der Waals surface area contributed by atoms with Crippen LogP contribution in [0.2, 0.25) is 0 Å². The number of rotatable bonds is 12. The zero-order valence-electron chi connectivity index (χ0n) is 25.6. The van der Waals surface area contributed by atoms with Crippen LogP contribution in [0.5, 0.6) is 0 Å². The Morgan fingerprint density at radius 3 is 2.48 bits per heavy atom. The number of carbonyl (C=O) groups excluding carboxylic acids is 3. The largest absolute Gasteiger partial charge is 0.448 e. The first kappa shape index (κ1) is 33.0. The molecule has 0 spiro atoms. The van der Waals surface area contributed by atoms with Gasteiger partial charge in [0, 0.05) is 29.3 Å². The maximum Gasteiger partial charge on any atom is 0.356 e. The number of hydrogen-bond donors (Lipinski definition) is 2. The van der Waals surface area contributed by atoms with E-state index < -0.39 is 35.3 Å². The zero-order valence-corrected chi connectivity index (χ0v) is 28.0. The van der Waals surface area contributed by atoms with Gasteiger partial charge in [0.1, 0.15) is 29.9 Å². The highest BCUT2D eigenvalue weighted by Gasteiger charge is 2.55. The summed E-state index contributed by atoms with van der Waals surface area (Å²) >= 11 is 4.10. The summed E-state index contributed by atoms with van der Waals surface area (Å²) in [5.41, 5.74) is 9.34. The number of amides is 2. The molecule has 4 aromatic rings. The lowest BCUT2D eigenvalue weighted by Crippen LogP contribution is -2.71. The van der Waals surface area contributed by atoms with Gasteiger partial charge in [-0.05, 0) is 39.8 Å². The average molecular weight is 699 g/mol. The van der Waals surface area contributed by atoms with Crippen molar-refractivity contribution >= 4 is 69.6 Å². The highest BCUT2D eigenvalue weighted by molar-refractivity contribution is 8.02. The molecule has 0 saturated carbocycles. The summed E-state index contributed by atoms with van der Waals surface area (Å²) in [5.74, 6) is -0.820. The molecule has 14 heteroatoms. The van der Waals surface area contributed by atoms with Crippen LogP contribution in [0.25, 0.3) is 6.08 Å². The number of aromatic nitrogens is 2. The lowest BCUT2D eigenvalue weighted by molar-refractivity contribution is -0.154. The summed E-state index contributed by atoms with van der Waals surface area (Å²) in [6.45, 7) is 0. The van der Waals surface area contributed by atoms with Gasteiger partial charge in [0.25, 0.3) is 11.8 Å². The number of thiazole rings is 1. The van der Waals surface area contributed by atoms with Crippen molar-refractivity contribution in [1.82, 2.24) is 20.2 Å². The molecule has 48 heavy (non-hydrogen) atoms. The van der Waals surface area contributed by atoms with E-state index in [1.54, 1.807) is 17.8 Å². The first-order chi connectivity index (χ1) is 23.4. The summed E-state index contributed by atoms with van der Waals surface area (Å²) < 4.78 is 6.24. The van der Waals surface area contributed by atoms with Crippen LogP contribution in [0.4, 0.5) is 5.13 Å². The van der Waals surface area contributed by atoms with Crippen LogP contribution in [-0.2, 0) is 24.0 Å². The second-order valence-electron chi connectivity index (χ2n) is 10.5. The van der Waals surface area contributed by atoms with Gasteiger partial charge in [-0.2, -0.15) is 0 Å². The fourth-order valence-electron chi connectivity index (χ4n) is 5.18. The molecule has 11 nitrogen and oxygen atoms in total. The molecule has 2 aromatic carbocycles. The molecule has 2 amide bonds.